The van der Waals surface area contributed by atoms with Crippen molar-refractivity contribution in [3.63, 3.8) is 0 Å². The van der Waals surface area contributed by atoms with Gasteiger partial charge in [-0.1, -0.05) is 72.8 Å². The number of H-pyrrole nitrogens is 2. The third kappa shape index (κ3) is 12.5. The Kier molecular flexibility index (Phi) is 18.4. The summed E-state index contributed by atoms with van der Waals surface area (Å²) in [6.07, 6.45) is 8.70. The standard InChI is InChI=1S/2C21H20N4O2S3.C20H18N4O2S3/c1-12-6-4-5-7-14(12)15-8-13(9-16-19(15)24-11-25(16)2)30(26,27)18-10-17(20(22)23)29-21(18)28-3;1-11-6-4-5-7-14(11)15-8-13(9-16-19(15)25-12(2)24-16)30(26,27)18-10-17(20(22)23)29-21(18)28-3;1-11-5-3-4-6-13(11)14-7-12(8-15-18(14)24-10-23-15)29(25,26)17-9-16(19(21)22)28-20(17)27-2/h4-11H,1-3H3,(H3,22,23);4-10H,1-3H3,(H3,22,23)(H,24,25);3-10H,1-2H3,(H3,21,22)(H,23,24). The molecular formula is C62H58N12O6S9. The SMILES string of the molecule is CSc1sc(C(=N)N)cc1S(=O)(=O)c1cc(-c2ccccc2C)c2nc(C)[nH]c2c1.CSc1sc(C(=N)N)cc1S(=O)(=O)c1cc(-c2ccccc2C)c2nc[nH]c2c1.CSc1sc(C(=N)N)cc1S(=O)(=O)c1cc(-c2ccccc2C)c2ncn(C)c2c1. The molecule has 456 valence electrons. The van der Waals surface area contributed by atoms with Crippen LogP contribution in [0.1, 0.15) is 37.1 Å². The highest BCUT2D eigenvalue weighted by molar-refractivity contribution is 8.02. The summed E-state index contributed by atoms with van der Waals surface area (Å²) in [7, 11) is -9.63. The molecule has 89 heavy (non-hydrogen) atoms. The van der Waals surface area contributed by atoms with Crippen molar-refractivity contribution >= 4 is 149 Å². The topological polar surface area (TPSA) is 327 Å². The number of hydrogen-bond donors (Lipinski definition) is 8. The van der Waals surface area contributed by atoms with E-state index in [9.17, 15) is 25.3 Å². The predicted octanol–water partition coefficient (Wildman–Crippen LogP) is 13.6. The monoisotopic (exact) mass is 1350 g/mol. The number of nitrogens with two attached hydrogens (primary N) is 3. The number of aromatic amines is 2. The van der Waals surface area contributed by atoms with E-state index < -0.39 is 29.5 Å². The number of benzene rings is 6. The van der Waals surface area contributed by atoms with Crippen LogP contribution in [-0.4, -0.2) is 91.0 Å². The second-order valence-corrected chi connectivity index (χ2v) is 32.4. The minimum absolute atomic E-state index is 0.139. The smallest absolute Gasteiger partial charge is 0.208 e. The summed E-state index contributed by atoms with van der Waals surface area (Å²) in [5.74, 6) is 0.293. The van der Waals surface area contributed by atoms with Gasteiger partial charge < -0.3 is 31.7 Å². The fourth-order valence-electron chi connectivity index (χ4n) is 9.99. The number of nitrogen functional groups attached to an aromatic ring is 3. The number of thiophene rings is 3. The van der Waals surface area contributed by atoms with Crippen LogP contribution in [0.5, 0.6) is 0 Å². The van der Waals surface area contributed by atoms with Gasteiger partial charge in [-0.15, -0.1) is 69.3 Å². The number of imidazole rings is 3. The van der Waals surface area contributed by atoms with Gasteiger partial charge in [0, 0.05) is 23.7 Å². The summed E-state index contributed by atoms with van der Waals surface area (Å²) < 4.78 is 85.2. The predicted molar refractivity (Wildman–Crippen MR) is 366 cm³/mol. The maximum atomic E-state index is 13.6. The molecule has 12 rings (SSSR count). The van der Waals surface area contributed by atoms with Gasteiger partial charge in [0.25, 0.3) is 0 Å². The van der Waals surface area contributed by atoms with E-state index in [1.54, 1.807) is 49.1 Å². The molecule has 0 amide bonds. The van der Waals surface area contributed by atoms with Crippen LogP contribution in [0.15, 0.2) is 182 Å². The molecule has 0 atom stereocenters. The summed E-state index contributed by atoms with van der Waals surface area (Å²) in [5.41, 5.74) is 29.3. The highest BCUT2D eigenvalue weighted by Crippen LogP contribution is 2.43. The van der Waals surface area contributed by atoms with Crippen LogP contribution < -0.4 is 17.2 Å². The van der Waals surface area contributed by atoms with E-state index in [-0.39, 0.29) is 46.9 Å². The van der Waals surface area contributed by atoms with Gasteiger partial charge in [0.1, 0.15) is 23.3 Å². The minimum Gasteiger partial charge on any atom is -0.383 e. The largest absolute Gasteiger partial charge is 0.383 e. The molecule has 6 aromatic heterocycles. The van der Waals surface area contributed by atoms with Crippen molar-refractivity contribution in [3.8, 4) is 33.4 Å². The average Bonchev–Trinajstić information content (AvgIpc) is 1.84. The molecule has 27 heteroatoms. The number of aromatic nitrogens is 6. The molecule has 0 fully saturated rings. The van der Waals surface area contributed by atoms with E-state index in [2.05, 4.69) is 24.9 Å². The van der Waals surface area contributed by atoms with Crippen molar-refractivity contribution < 1.29 is 25.3 Å². The first-order chi connectivity index (χ1) is 42.3. The molecule has 0 saturated heterocycles. The Morgan fingerprint density at radius 1 is 0.483 bits per heavy atom. The number of nitrogens with zero attached hydrogens (tertiary/aromatic N) is 4. The molecule has 0 unspecified atom stereocenters. The summed E-state index contributed by atoms with van der Waals surface area (Å²) in [6.45, 7) is 7.82. The Bertz CT molecular complexity index is 5120. The summed E-state index contributed by atoms with van der Waals surface area (Å²) in [4.78, 5) is 22.1. The van der Waals surface area contributed by atoms with Crippen molar-refractivity contribution in [2.24, 2.45) is 24.2 Å². The van der Waals surface area contributed by atoms with Crippen LogP contribution in [0.4, 0.5) is 0 Å². The summed E-state index contributed by atoms with van der Waals surface area (Å²) in [6, 6.07) is 37.9. The van der Waals surface area contributed by atoms with Crippen LogP contribution >= 0.6 is 69.3 Å². The van der Waals surface area contributed by atoms with Gasteiger partial charge in [-0.2, -0.15) is 0 Å². The van der Waals surface area contributed by atoms with E-state index in [0.29, 0.717) is 44.1 Å². The molecule has 0 aliphatic carbocycles. The maximum absolute atomic E-state index is 13.6. The second-order valence-electron chi connectivity index (χ2n) is 20.2. The van der Waals surface area contributed by atoms with Gasteiger partial charge in [-0.05, 0) is 134 Å². The van der Waals surface area contributed by atoms with Gasteiger partial charge in [0.05, 0.1) is 102 Å². The molecule has 6 heterocycles. The van der Waals surface area contributed by atoms with Crippen molar-refractivity contribution in [2.75, 3.05) is 18.8 Å². The molecular weight excluding hydrogens is 1300 g/mol. The first-order valence-corrected chi connectivity index (χ1v) is 37.3. The van der Waals surface area contributed by atoms with Crippen molar-refractivity contribution in [1.29, 1.82) is 16.2 Å². The third-order valence-electron chi connectivity index (χ3n) is 14.4. The number of fused-ring (bicyclic) bond motifs is 3. The number of rotatable bonds is 15. The van der Waals surface area contributed by atoms with Crippen molar-refractivity contribution in [2.45, 2.75) is 69.7 Å². The van der Waals surface area contributed by atoms with E-state index in [4.69, 9.17) is 33.4 Å². The Hall–Kier alpha value is -7.86. The number of hydrogen-bond acceptors (Lipinski definition) is 18. The highest BCUT2D eigenvalue weighted by atomic mass is 32.2. The molecule has 0 saturated carbocycles. The first-order valence-electron chi connectivity index (χ1n) is 26.7. The molecule has 18 nitrogen and oxygen atoms in total. The Balaban J connectivity index is 0.000000147. The Labute approximate surface area is 539 Å². The van der Waals surface area contributed by atoms with E-state index in [1.165, 1.54) is 87.5 Å². The van der Waals surface area contributed by atoms with Crippen molar-refractivity contribution in [1.82, 2.24) is 29.5 Å². The molecule has 0 radical (unpaired) electrons. The van der Waals surface area contributed by atoms with E-state index >= 15 is 0 Å². The third-order valence-corrected chi connectivity index (χ3v) is 27.4. The fourth-order valence-corrected chi connectivity index (χ4v) is 21.7. The highest BCUT2D eigenvalue weighted by Gasteiger charge is 2.31. The zero-order chi connectivity index (χ0) is 64.0. The number of aryl methyl sites for hydroxylation is 5. The lowest BCUT2D eigenvalue weighted by atomic mass is 9.99. The average molecular weight is 1360 g/mol. The molecule has 0 bridgehead atoms. The lowest BCUT2D eigenvalue weighted by Crippen LogP contribution is -2.09. The maximum Gasteiger partial charge on any atom is 0.208 e. The Morgan fingerprint density at radius 3 is 1.25 bits per heavy atom. The lowest BCUT2D eigenvalue weighted by Gasteiger charge is -2.11. The van der Waals surface area contributed by atoms with Crippen LogP contribution in [-0.2, 0) is 36.6 Å². The number of thioether (sulfide) groups is 3. The van der Waals surface area contributed by atoms with Crippen LogP contribution in [0, 0.1) is 43.9 Å². The van der Waals surface area contributed by atoms with Gasteiger partial charge >= 0.3 is 0 Å². The number of amidine groups is 3. The molecule has 12 aromatic rings. The minimum atomic E-state index is -3.83. The Morgan fingerprint density at radius 2 is 0.854 bits per heavy atom. The quantitative estimate of drug-likeness (QED) is 0.0269. The van der Waals surface area contributed by atoms with Crippen LogP contribution in [0.3, 0.4) is 0 Å². The van der Waals surface area contributed by atoms with Gasteiger partial charge in [0.15, 0.2) is 0 Å². The van der Waals surface area contributed by atoms with Gasteiger partial charge in [-0.3, -0.25) is 16.2 Å². The molecule has 0 aliphatic heterocycles. The van der Waals surface area contributed by atoms with Crippen LogP contribution in [0.2, 0.25) is 0 Å². The van der Waals surface area contributed by atoms with Crippen LogP contribution in [0.25, 0.3) is 66.5 Å². The molecule has 11 N–H and O–H groups in total. The molecule has 6 aromatic carbocycles. The molecule has 0 spiro atoms. The molecule has 0 aliphatic rings. The summed E-state index contributed by atoms with van der Waals surface area (Å²) in [5, 5.41) is 23.0. The van der Waals surface area contributed by atoms with Gasteiger partial charge in [0.2, 0.25) is 29.5 Å². The lowest BCUT2D eigenvalue weighted by molar-refractivity contribution is 0.593. The zero-order valence-corrected chi connectivity index (χ0v) is 56.3. The zero-order valence-electron chi connectivity index (χ0n) is 48.9. The fraction of sp³-hybridized carbons (Fsp3) is 0.129. The van der Waals surface area contributed by atoms with Crippen molar-refractivity contribution in [3.05, 3.63) is 177 Å². The normalized spacial score (nSPS) is 11.8. The van der Waals surface area contributed by atoms with Gasteiger partial charge in [-0.25, -0.2) is 40.2 Å². The van der Waals surface area contributed by atoms with E-state index in [0.717, 1.165) is 72.1 Å². The number of sulfone groups is 3. The summed E-state index contributed by atoms with van der Waals surface area (Å²) >= 11 is 7.64. The van der Waals surface area contributed by atoms with E-state index in [1.807, 2.05) is 131 Å². The second kappa shape index (κ2) is 25.6. The first kappa shape index (κ1) is 64.1. The number of nitrogens with one attached hydrogen (secondary N) is 5.